The fraction of sp³-hybridized carbons (Fsp3) is 0.188. The van der Waals surface area contributed by atoms with Crippen molar-refractivity contribution in [2.45, 2.75) is 19.4 Å². The Kier molecular flexibility index (Phi) is 4.73. The molecule has 0 aliphatic heterocycles. The molecule has 0 aromatic heterocycles. The number of aliphatic carboxylic acids is 1. The lowest BCUT2D eigenvalue weighted by molar-refractivity contribution is -0.384. The monoisotopic (exact) mass is 300 g/mol. The molecule has 0 amide bonds. The van der Waals surface area contributed by atoms with Gasteiger partial charge in [-0.1, -0.05) is 42.0 Å². The maximum atomic E-state index is 11.4. The molecule has 0 aliphatic rings. The highest BCUT2D eigenvalue weighted by atomic mass is 16.6. The zero-order valence-electron chi connectivity index (χ0n) is 12.0. The summed E-state index contributed by atoms with van der Waals surface area (Å²) in [6.07, 6.45) is 0.238. The second kappa shape index (κ2) is 6.71. The normalized spacial score (nSPS) is 11.7. The number of benzene rings is 2. The molecule has 1 atom stereocenters. The van der Waals surface area contributed by atoms with E-state index in [1.54, 1.807) is 12.1 Å². The molecule has 2 aromatic rings. The molecule has 0 fully saturated rings. The van der Waals surface area contributed by atoms with Crippen LogP contribution < -0.4 is 5.32 Å². The summed E-state index contributed by atoms with van der Waals surface area (Å²) in [7, 11) is 0. The number of hydrogen-bond acceptors (Lipinski definition) is 4. The van der Waals surface area contributed by atoms with E-state index in [4.69, 9.17) is 0 Å². The van der Waals surface area contributed by atoms with Gasteiger partial charge in [0.2, 0.25) is 0 Å². The number of nitro benzene ring substituents is 1. The summed E-state index contributed by atoms with van der Waals surface area (Å²) < 4.78 is 0. The Morgan fingerprint density at radius 1 is 1.23 bits per heavy atom. The third-order valence-corrected chi connectivity index (χ3v) is 3.29. The van der Waals surface area contributed by atoms with Crippen molar-refractivity contribution in [3.63, 3.8) is 0 Å². The first kappa shape index (κ1) is 15.5. The van der Waals surface area contributed by atoms with Crippen molar-refractivity contribution in [3.05, 3.63) is 69.8 Å². The number of aryl methyl sites for hydroxylation is 1. The van der Waals surface area contributed by atoms with E-state index in [0.29, 0.717) is 0 Å². The summed E-state index contributed by atoms with van der Waals surface area (Å²) in [4.78, 5) is 21.9. The summed E-state index contributed by atoms with van der Waals surface area (Å²) in [6, 6.07) is 12.6. The van der Waals surface area contributed by atoms with Crippen molar-refractivity contribution in [2.24, 2.45) is 0 Å². The molecule has 6 nitrogen and oxygen atoms in total. The lowest BCUT2D eigenvalue weighted by Crippen LogP contribution is -2.31. The Hall–Kier alpha value is -2.89. The minimum absolute atomic E-state index is 0.141. The van der Waals surface area contributed by atoms with Gasteiger partial charge < -0.3 is 10.4 Å². The first-order valence-corrected chi connectivity index (χ1v) is 6.75. The largest absolute Gasteiger partial charge is 0.480 e. The van der Waals surface area contributed by atoms with Gasteiger partial charge in [0.15, 0.2) is 0 Å². The quantitative estimate of drug-likeness (QED) is 0.632. The van der Waals surface area contributed by atoms with Crippen LogP contribution in [0.15, 0.2) is 48.5 Å². The highest BCUT2D eigenvalue weighted by Crippen LogP contribution is 2.24. The number of carboxylic acid groups (broad SMARTS) is 1. The number of nitrogens with one attached hydrogen (secondary N) is 1. The van der Waals surface area contributed by atoms with Gasteiger partial charge >= 0.3 is 5.97 Å². The first-order chi connectivity index (χ1) is 10.5. The van der Waals surface area contributed by atoms with Crippen molar-refractivity contribution in [2.75, 3.05) is 5.32 Å². The molecule has 22 heavy (non-hydrogen) atoms. The number of para-hydroxylation sites is 2. The zero-order valence-corrected chi connectivity index (χ0v) is 12.0. The van der Waals surface area contributed by atoms with E-state index in [-0.39, 0.29) is 17.8 Å². The maximum absolute atomic E-state index is 11.4. The Morgan fingerprint density at radius 2 is 1.86 bits per heavy atom. The van der Waals surface area contributed by atoms with Crippen LogP contribution in [0.2, 0.25) is 0 Å². The zero-order chi connectivity index (χ0) is 16.1. The van der Waals surface area contributed by atoms with Crippen LogP contribution in [-0.4, -0.2) is 22.0 Å². The second-order valence-electron chi connectivity index (χ2n) is 5.00. The van der Waals surface area contributed by atoms with Crippen molar-refractivity contribution in [3.8, 4) is 0 Å². The van der Waals surface area contributed by atoms with Crippen LogP contribution in [0.3, 0.4) is 0 Å². The van der Waals surface area contributed by atoms with E-state index < -0.39 is 16.9 Å². The molecule has 0 aliphatic carbocycles. The summed E-state index contributed by atoms with van der Waals surface area (Å²) in [5.41, 5.74) is 2.00. The fourth-order valence-electron chi connectivity index (χ4n) is 2.10. The highest BCUT2D eigenvalue weighted by Gasteiger charge is 2.22. The van der Waals surface area contributed by atoms with E-state index >= 15 is 0 Å². The minimum Gasteiger partial charge on any atom is -0.480 e. The third-order valence-electron chi connectivity index (χ3n) is 3.29. The molecule has 0 spiro atoms. The van der Waals surface area contributed by atoms with Crippen molar-refractivity contribution in [1.82, 2.24) is 0 Å². The molecule has 0 unspecified atom stereocenters. The van der Waals surface area contributed by atoms with Crippen LogP contribution in [-0.2, 0) is 11.2 Å². The lowest BCUT2D eigenvalue weighted by Gasteiger charge is -2.16. The number of nitrogens with zero attached hydrogens (tertiary/aromatic N) is 1. The SMILES string of the molecule is Cc1ccc(C[C@H](Nc2ccccc2[N+](=O)[O-])C(=O)O)cc1. The van der Waals surface area contributed by atoms with Gasteiger partial charge in [0.1, 0.15) is 11.7 Å². The Labute approximate surface area is 127 Å². The maximum Gasteiger partial charge on any atom is 0.326 e. The van der Waals surface area contributed by atoms with Crippen molar-refractivity contribution >= 4 is 17.3 Å². The number of rotatable bonds is 6. The smallest absolute Gasteiger partial charge is 0.326 e. The molecule has 2 aromatic carbocycles. The Balaban J connectivity index is 2.21. The van der Waals surface area contributed by atoms with E-state index in [1.807, 2.05) is 31.2 Å². The molecular weight excluding hydrogens is 284 g/mol. The van der Waals surface area contributed by atoms with Crippen molar-refractivity contribution < 1.29 is 14.8 Å². The fourth-order valence-corrected chi connectivity index (χ4v) is 2.10. The summed E-state index contributed by atoms with van der Waals surface area (Å²) >= 11 is 0. The standard InChI is InChI=1S/C16H16N2O4/c1-11-6-8-12(9-7-11)10-14(16(19)20)17-13-4-2-3-5-15(13)18(21)22/h2-9,14,17H,10H2,1H3,(H,19,20)/t14-/m0/s1. The number of carboxylic acids is 1. The summed E-state index contributed by atoms with van der Waals surface area (Å²) in [5.74, 6) is -1.06. The van der Waals surface area contributed by atoms with Gasteiger partial charge in [-0.05, 0) is 18.6 Å². The Bertz CT molecular complexity index is 683. The second-order valence-corrected chi connectivity index (χ2v) is 5.00. The van der Waals surface area contributed by atoms with Crippen LogP contribution in [0.1, 0.15) is 11.1 Å². The van der Waals surface area contributed by atoms with Crippen LogP contribution in [0.25, 0.3) is 0 Å². The topological polar surface area (TPSA) is 92.5 Å². The average Bonchev–Trinajstić information content (AvgIpc) is 2.49. The van der Waals surface area contributed by atoms with Crippen LogP contribution in [0, 0.1) is 17.0 Å². The first-order valence-electron chi connectivity index (χ1n) is 6.75. The molecule has 0 heterocycles. The summed E-state index contributed by atoms with van der Waals surface area (Å²) in [6.45, 7) is 1.95. The van der Waals surface area contributed by atoms with Crippen molar-refractivity contribution in [1.29, 1.82) is 0 Å². The van der Waals surface area contributed by atoms with Crippen LogP contribution in [0.5, 0.6) is 0 Å². The van der Waals surface area contributed by atoms with Gasteiger partial charge in [0, 0.05) is 12.5 Å². The average molecular weight is 300 g/mol. The molecule has 0 saturated carbocycles. The molecule has 0 radical (unpaired) electrons. The molecule has 114 valence electrons. The lowest BCUT2D eigenvalue weighted by atomic mass is 10.0. The number of carbonyl (C=O) groups is 1. The van der Waals surface area contributed by atoms with Crippen LogP contribution >= 0.6 is 0 Å². The number of nitro groups is 1. The minimum atomic E-state index is -1.06. The van der Waals surface area contributed by atoms with Gasteiger partial charge in [0.25, 0.3) is 5.69 Å². The number of anilines is 1. The molecular formula is C16H16N2O4. The number of hydrogen-bond donors (Lipinski definition) is 2. The van der Waals surface area contributed by atoms with Crippen LogP contribution in [0.4, 0.5) is 11.4 Å². The van der Waals surface area contributed by atoms with E-state index in [2.05, 4.69) is 5.32 Å². The van der Waals surface area contributed by atoms with Gasteiger partial charge in [-0.2, -0.15) is 0 Å². The Morgan fingerprint density at radius 3 is 2.45 bits per heavy atom. The predicted molar refractivity (Wildman–Crippen MR) is 83.0 cm³/mol. The molecule has 6 heteroatoms. The predicted octanol–water partition coefficient (Wildman–Crippen LogP) is 3.01. The highest BCUT2D eigenvalue weighted by molar-refractivity contribution is 5.79. The van der Waals surface area contributed by atoms with Gasteiger partial charge in [-0.25, -0.2) is 4.79 Å². The van der Waals surface area contributed by atoms with Gasteiger partial charge in [-0.15, -0.1) is 0 Å². The molecule has 2 N–H and O–H groups in total. The summed E-state index contributed by atoms with van der Waals surface area (Å²) in [5, 5.41) is 23.1. The molecule has 2 rings (SSSR count). The van der Waals surface area contributed by atoms with E-state index in [0.717, 1.165) is 11.1 Å². The van der Waals surface area contributed by atoms with E-state index in [1.165, 1.54) is 12.1 Å². The van der Waals surface area contributed by atoms with E-state index in [9.17, 15) is 20.0 Å². The molecule has 0 bridgehead atoms. The molecule has 0 saturated heterocycles. The van der Waals surface area contributed by atoms with Gasteiger partial charge in [-0.3, -0.25) is 10.1 Å². The third kappa shape index (κ3) is 3.82. The van der Waals surface area contributed by atoms with Gasteiger partial charge in [0.05, 0.1) is 4.92 Å².